The summed E-state index contributed by atoms with van der Waals surface area (Å²) in [5.74, 6) is -1.68. The minimum atomic E-state index is -1.21. The fraction of sp³-hybridized carbons (Fsp3) is 0.143. The molecule has 3 heterocycles. The van der Waals surface area contributed by atoms with Crippen molar-refractivity contribution in [2.75, 3.05) is 0 Å². The van der Waals surface area contributed by atoms with Crippen molar-refractivity contribution in [2.24, 2.45) is 5.73 Å². The predicted molar refractivity (Wildman–Crippen MR) is 86.4 cm³/mol. The first-order valence-corrected chi connectivity index (χ1v) is 7.87. The summed E-state index contributed by atoms with van der Waals surface area (Å²) in [5, 5.41) is 13.2. The van der Waals surface area contributed by atoms with Crippen LogP contribution in [0.3, 0.4) is 0 Å². The molecular weight excluding hydrogens is 356 g/mol. The van der Waals surface area contributed by atoms with Gasteiger partial charge in [-0.2, -0.15) is 0 Å². The number of aromatic carboxylic acids is 1. The molecule has 0 bridgehead atoms. The van der Waals surface area contributed by atoms with E-state index >= 15 is 0 Å². The van der Waals surface area contributed by atoms with Crippen molar-refractivity contribution in [1.29, 1.82) is 0 Å². The second-order valence-corrected chi connectivity index (χ2v) is 6.63. The number of rotatable bonds is 5. The first-order valence-electron chi connectivity index (χ1n) is 6.68. The quantitative estimate of drug-likeness (QED) is 0.714. The number of carbonyl (C=O) groups is 2. The number of carbonyl (C=O) groups excluding carboxylic acids is 1. The Hall–Kier alpha value is -2.65. The van der Waals surface area contributed by atoms with Crippen LogP contribution in [-0.4, -0.2) is 31.7 Å². The summed E-state index contributed by atoms with van der Waals surface area (Å²) in [6.07, 6.45) is 0. The molecule has 3 N–H and O–H groups in total. The molecule has 0 saturated heterocycles. The molecule has 0 aliphatic heterocycles. The molecular formula is C14H11ClN4O4S. The van der Waals surface area contributed by atoms with Crippen molar-refractivity contribution in [3.63, 3.8) is 0 Å². The lowest BCUT2D eigenvalue weighted by Crippen LogP contribution is -2.21. The van der Waals surface area contributed by atoms with Crippen LogP contribution in [0.25, 0.3) is 10.6 Å². The molecule has 3 aromatic heterocycles. The summed E-state index contributed by atoms with van der Waals surface area (Å²) in [5.41, 5.74) is 5.79. The number of aryl methyl sites for hydroxylation is 1. The highest BCUT2D eigenvalue weighted by atomic mass is 35.5. The lowest BCUT2D eigenvalue weighted by Gasteiger charge is -2.05. The van der Waals surface area contributed by atoms with E-state index in [1.54, 1.807) is 18.2 Å². The number of imidazole rings is 1. The van der Waals surface area contributed by atoms with Crippen LogP contribution in [0, 0.1) is 6.92 Å². The van der Waals surface area contributed by atoms with Gasteiger partial charge in [0.2, 0.25) is 0 Å². The Labute approximate surface area is 144 Å². The highest BCUT2D eigenvalue weighted by molar-refractivity contribution is 7.19. The summed E-state index contributed by atoms with van der Waals surface area (Å²) in [7, 11) is 0. The minimum absolute atomic E-state index is 0.0106. The van der Waals surface area contributed by atoms with Crippen molar-refractivity contribution in [3.05, 3.63) is 45.4 Å². The van der Waals surface area contributed by atoms with Crippen molar-refractivity contribution >= 4 is 34.8 Å². The van der Waals surface area contributed by atoms with Crippen LogP contribution in [0.5, 0.6) is 0 Å². The van der Waals surface area contributed by atoms with Gasteiger partial charge in [0.25, 0.3) is 5.91 Å². The van der Waals surface area contributed by atoms with Crippen LogP contribution < -0.4 is 5.73 Å². The average Bonchev–Trinajstić information content (AvgIpc) is 3.18. The minimum Gasteiger partial charge on any atom is -0.477 e. The summed E-state index contributed by atoms with van der Waals surface area (Å²) < 4.78 is 7.07. The molecule has 0 fully saturated rings. The molecule has 0 unspecified atom stereocenters. The molecule has 0 aliphatic rings. The number of thiophene rings is 1. The first kappa shape index (κ1) is 16.2. The number of primary amides is 1. The van der Waals surface area contributed by atoms with Crippen molar-refractivity contribution < 1.29 is 19.2 Å². The second kappa shape index (κ2) is 6.10. The third-order valence-corrected chi connectivity index (χ3v) is 4.51. The molecule has 0 atom stereocenters. The van der Waals surface area contributed by atoms with Gasteiger partial charge in [0.1, 0.15) is 5.69 Å². The van der Waals surface area contributed by atoms with Crippen LogP contribution in [-0.2, 0) is 6.54 Å². The standard InChI is InChI=1S/C14H11ClN4O4S/c1-6-11(14(21)22)19(13(17-6)12(16)20)5-7-4-8(23-18-7)9-2-3-10(15)24-9/h2-4H,5H2,1H3,(H2,16,20)(H,21,22). The first-order chi connectivity index (χ1) is 11.4. The molecule has 8 nitrogen and oxygen atoms in total. The summed E-state index contributed by atoms with van der Waals surface area (Å²) >= 11 is 7.21. The fourth-order valence-electron chi connectivity index (χ4n) is 2.30. The van der Waals surface area contributed by atoms with Crippen LogP contribution in [0.1, 0.15) is 32.5 Å². The Balaban J connectivity index is 1.98. The zero-order chi connectivity index (χ0) is 17.4. The molecule has 0 spiro atoms. The normalized spacial score (nSPS) is 10.9. The third-order valence-electron chi connectivity index (χ3n) is 3.26. The van der Waals surface area contributed by atoms with E-state index in [9.17, 15) is 14.7 Å². The smallest absolute Gasteiger partial charge is 0.354 e. The van der Waals surface area contributed by atoms with Gasteiger partial charge >= 0.3 is 5.97 Å². The number of hydrogen-bond donors (Lipinski definition) is 2. The van der Waals surface area contributed by atoms with Crippen molar-refractivity contribution in [2.45, 2.75) is 13.5 Å². The van der Waals surface area contributed by atoms with Gasteiger partial charge in [-0.1, -0.05) is 16.8 Å². The lowest BCUT2D eigenvalue weighted by molar-refractivity contribution is 0.0684. The number of halogens is 1. The summed E-state index contributed by atoms with van der Waals surface area (Å²) in [6.45, 7) is 1.48. The van der Waals surface area contributed by atoms with E-state index < -0.39 is 11.9 Å². The monoisotopic (exact) mass is 366 g/mol. The predicted octanol–water partition coefficient (Wildman–Crippen LogP) is 2.41. The van der Waals surface area contributed by atoms with E-state index in [1.165, 1.54) is 22.8 Å². The molecule has 0 radical (unpaired) electrons. The van der Waals surface area contributed by atoms with Gasteiger partial charge < -0.3 is 19.9 Å². The van der Waals surface area contributed by atoms with Crippen molar-refractivity contribution in [3.8, 4) is 10.6 Å². The third kappa shape index (κ3) is 2.91. The fourth-order valence-corrected chi connectivity index (χ4v) is 3.29. The molecule has 0 aliphatic carbocycles. The average molecular weight is 367 g/mol. The van der Waals surface area contributed by atoms with Gasteiger partial charge in [-0.25, -0.2) is 9.78 Å². The number of aromatic nitrogens is 3. The van der Waals surface area contributed by atoms with Gasteiger partial charge in [-0.05, 0) is 19.1 Å². The highest BCUT2D eigenvalue weighted by Crippen LogP contribution is 2.31. The number of hydrogen-bond acceptors (Lipinski definition) is 6. The topological polar surface area (TPSA) is 124 Å². The van der Waals surface area contributed by atoms with E-state index in [1.807, 2.05) is 0 Å². The molecule has 124 valence electrons. The second-order valence-electron chi connectivity index (χ2n) is 4.91. The van der Waals surface area contributed by atoms with E-state index in [0.717, 1.165) is 4.88 Å². The molecule has 24 heavy (non-hydrogen) atoms. The van der Waals surface area contributed by atoms with Gasteiger partial charge in [0.05, 0.1) is 21.5 Å². The highest BCUT2D eigenvalue weighted by Gasteiger charge is 2.24. The van der Waals surface area contributed by atoms with Crippen LogP contribution in [0.4, 0.5) is 0 Å². The maximum atomic E-state index is 11.5. The lowest BCUT2D eigenvalue weighted by atomic mass is 10.3. The van der Waals surface area contributed by atoms with Gasteiger partial charge in [-0.3, -0.25) is 4.79 Å². The number of nitrogens with two attached hydrogens (primary N) is 1. The van der Waals surface area contributed by atoms with Crippen LogP contribution in [0.2, 0.25) is 4.34 Å². The number of nitrogens with zero attached hydrogens (tertiary/aromatic N) is 3. The van der Waals surface area contributed by atoms with E-state index in [4.69, 9.17) is 21.9 Å². The van der Waals surface area contributed by atoms with Gasteiger partial charge in [0.15, 0.2) is 17.3 Å². The van der Waals surface area contributed by atoms with Gasteiger partial charge in [0, 0.05) is 6.07 Å². The molecule has 0 aromatic carbocycles. The SMILES string of the molecule is Cc1nc(C(N)=O)n(Cc2cc(-c3ccc(Cl)s3)on2)c1C(=O)O. The maximum Gasteiger partial charge on any atom is 0.354 e. The summed E-state index contributed by atoms with van der Waals surface area (Å²) in [4.78, 5) is 27.7. The van der Waals surface area contributed by atoms with E-state index in [0.29, 0.717) is 15.8 Å². The molecule has 10 heteroatoms. The van der Waals surface area contributed by atoms with E-state index in [-0.39, 0.29) is 23.8 Å². The zero-order valence-electron chi connectivity index (χ0n) is 12.3. The molecule has 1 amide bonds. The largest absolute Gasteiger partial charge is 0.477 e. The van der Waals surface area contributed by atoms with Crippen LogP contribution in [0.15, 0.2) is 22.7 Å². The number of carboxylic acid groups (broad SMARTS) is 1. The molecule has 3 aromatic rings. The van der Waals surface area contributed by atoms with E-state index in [2.05, 4.69) is 10.1 Å². The van der Waals surface area contributed by atoms with Crippen LogP contribution >= 0.6 is 22.9 Å². The Morgan fingerprint density at radius 1 is 1.46 bits per heavy atom. The molecule has 3 rings (SSSR count). The summed E-state index contributed by atoms with van der Waals surface area (Å²) in [6, 6.07) is 5.17. The van der Waals surface area contributed by atoms with Crippen molar-refractivity contribution in [1.82, 2.24) is 14.7 Å². The Morgan fingerprint density at radius 2 is 2.21 bits per heavy atom. The number of carboxylic acids is 1. The Bertz CT molecular complexity index is 943. The molecule has 0 saturated carbocycles. The Morgan fingerprint density at radius 3 is 2.79 bits per heavy atom. The Kier molecular flexibility index (Phi) is 4.12. The zero-order valence-corrected chi connectivity index (χ0v) is 13.9. The number of amides is 1. The van der Waals surface area contributed by atoms with Gasteiger partial charge in [-0.15, -0.1) is 11.3 Å². The maximum absolute atomic E-state index is 11.5.